The number of aromatic nitrogens is 3. The van der Waals surface area contributed by atoms with E-state index in [9.17, 15) is 18.0 Å². The molecule has 2 aromatic heterocycles. The molecular formula is C46H51Cl2N7O6S. The summed E-state index contributed by atoms with van der Waals surface area (Å²) in [5.41, 5.74) is 11.4. The molecule has 3 aromatic carbocycles. The van der Waals surface area contributed by atoms with Gasteiger partial charge in [0.05, 0.1) is 35.5 Å². The molecule has 326 valence electrons. The van der Waals surface area contributed by atoms with Crippen molar-refractivity contribution in [3.63, 3.8) is 0 Å². The van der Waals surface area contributed by atoms with Gasteiger partial charge >= 0.3 is 0 Å². The van der Waals surface area contributed by atoms with E-state index in [0.717, 1.165) is 87.3 Å². The minimum atomic E-state index is -4.43. The quantitative estimate of drug-likeness (QED) is 0.104. The predicted octanol–water partition coefficient (Wildman–Crippen LogP) is 8.63. The first kappa shape index (κ1) is 43.5. The summed E-state index contributed by atoms with van der Waals surface area (Å²) in [5.74, 6) is -0.411. The van der Waals surface area contributed by atoms with Gasteiger partial charge in [0.15, 0.2) is 0 Å². The molecule has 3 heterocycles. The van der Waals surface area contributed by atoms with Crippen LogP contribution >= 0.6 is 23.2 Å². The monoisotopic (exact) mass is 899 g/mol. The minimum Gasteiger partial charge on any atom is -0.476 e. The fourth-order valence-corrected chi connectivity index (χ4v) is 10.1. The van der Waals surface area contributed by atoms with E-state index < -0.39 is 15.9 Å². The number of fused-ring (bicyclic) bond motifs is 1. The summed E-state index contributed by atoms with van der Waals surface area (Å²) in [6, 6.07) is 20.0. The number of piperazine rings is 1. The fourth-order valence-electron chi connectivity index (χ4n) is 8.73. The number of halogens is 2. The van der Waals surface area contributed by atoms with E-state index in [-0.39, 0.29) is 50.3 Å². The number of nitrogens with one attached hydrogen (secondary N) is 2. The van der Waals surface area contributed by atoms with E-state index >= 15 is 0 Å². The zero-order valence-corrected chi connectivity index (χ0v) is 37.2. The molecule has 3 aliphatic rings. The highest BCUT2D eigenvalue weighted by atomic mass is 35.5. The zero-order valence-electron chi connectivity index (χ0n) is 34.8. The van der Waals surface area contributed by atoms with Crippen LogP contribution in [-0.2, 0) is 14.8 Å². The van der Waals surface area contributed by atoms with Gasteiger partial charge in [-0.1, -0.05) is 60.8 Å². The number of carbonyl (C=O) groups is 2. The number of hydrogen-bond donors (Lipinski definition) is 3. The molecule has 1 saturated heterocycles. The van der Waals surface area contributed by atoms with Crippen molar-refractivity contribution in [2.75, 3.05) is 44.2 Å². The Morgan fingerprint density at radius 3 is 2.44 bits per heavy atom. The van der Waals surface area contributed by atoms with Crippen LogP contribution < -0.4 is 24.8 Å². The lowest BCUT2D eigenvalue weighted by atomic mass is 9.72. The molecule has 8 rings (SSSR count). The highest BCUT2D eigenvalue weighted by Gasteiger charge is 2.31. The Bertz CT molecular complexity index is 2600. The lowest BCUT2D eigenvalue weighted by molar-refractivity contribution is -0.123. The van der Waals surface area contributed by atoms with Crippen molar-refractivity contribution in [1.82, 2.24) is 24.8 Å². The molecule has 5 aromatic rings. The van der Waals surface area contributed by atoms with Gasteiger partial charge in [0.1, 0.15) is 21.4 Å². The molecule has 16 heteroatoms. The van der Waals surface area contributed by atoms with Crippen LogP contribution in [0.25, 0.3) is 16.5 Å². The van der Waals surface area contributed by atoms with E-state index in [1.54, 1.807) is 24.4 Å². The van der Waals surface area contributed by atoms with Crippen LogP contribution in [0, 0.1) is 17.3 Å². The topological polar surface area (TPSA) is 173 Å². The fraction of sp³-hybridized carbons (Fsp3) is 0.391. The van der Waals surface area contributed by atoms with Crippen LogP contribution in [-0.4, -0.2) is 79.6 Å². The molecule has 13 nitrogen and oxygen atoms in total. The standard InChI is InChI=1S/C46H51Cl2N7O6S/c1-46(2)17-16-32(37(24-46)30-10-12-33(47)13-11-30)27-54-18-20-55(21-19-54)34-14-15-36(42(22-34)61-41-5-3-4-40-38(41)26-51-52-40)44(57)53-62(58,59)35-23-39(48)45(50-25-35)60-28-29-6-8-31(9-7-29)43(49)56/h3-5,10-15,22-23,25-26,29,31H,6-9,16-21,24,27-28H2,1-2H3,(H2,49,56)(H,51,52)(H,53,57)/t29-,31-. The number of amides is 2. The van der Waals surface area contributed by atoms with Crippen molar-refractivity contribution in [1.29, 1.82) is 0 Å². The summed E-state index contributed by atoms with van der Waals surface area (Å²) >= 11 is 12.7. The number of rotatable bonds is 13. The molecule has 62 heavy (non-hydrogen) atoms. The number of carbonyl (C=O) groups excluding carboxylic acids is 2. The van der Waals surface area contributed by atoms with Crippen molar-refractivity contribution in [3.8, 4) is 17.4 Å². The number of nitrogens with two attached hydrogens (primary N) is 1. The Kier molecular flexibility index (Phi) is 12.8. The van der Waals surface area contributed by atoms with Gasteiger partial charge in [-0.25, -0.2) is 18.1 Å². The van der Waals surface area contributed by atoms with Gasteiger partial charge in [0.25, 0.3) is 15.9 Å². The lowest BCUT2D eigenvalue weighted by Gasteiger charge is -2.39. The van der Waals surface area contributed by atoms with Gasteiger partial charge in [-0.2, -0.15) is 5.10 Å². The molecular weight excluding hydrogens is 850 g/mol. The smallest absolute Gasteiger partial charge is 0.268 e. The summed E-state index contributed by atoms with van der Waals surface area (Å²) in [6.07, 6.45) is 8.89. The predicted molar refractivity (Wildman–Crippen MR) is 241 cm³/mol. The number of benzene rings is 3. The number of nitrogens with zero attached hydrogens (tertiary/aromatic N) is 4. The number of hydrogen-bond acceptors (Lipinski definition) is 10. The van der Waals surface area contributed by atoms with Crippen LogP contribution in [0.3, 0.4) is 0 Å². The summed E-state index contributed by atoms with van der Waals surface area (Å²) in [6.45, 7) is 9.05. The second-order valence-electron chi connectivity index (χ2n) is 17.4. The van der Waals surface area contributed by atoms with Crippen molar-refractivity contribution in [2.24, 2.45) is 23.0 Å². The van der Waals surface area contributed by atoms with E-state index in [2.05, 4.69) is 55.7 Å². The Morgan fingerprint density at radius 2 is 1.71 bits per heavy atom. The molecule has 2 aliphatic carbocycles. The summed E-state index contributed by atoms with van der Waals surface area (Å²) in [7, 11) is -4.43. The Hall–Kier alpha value is -5.15. The number of pyridine rings is 1. The average molecular weight is 901 g/mol. The minimum absolute atomic E-state index is 0.0170. The van der Waals surface area contributed by atoms with E-state index in [1.165, 1.54) is 22.8 Å². The van der Waals surface area contributed by atoms with Crippen LogP contribution in [0.4, 0.5) is 5.69 Å². The maximum atomic E-state index is 13.9. The highest BCUT2D eigenvalue weighted by molar-refractivity contribution is 7.90. The number of aromatic amines is 1. The third kappa shape index (κ3) is 10.0. The van der Waals surface area contributed by atoms with Crippen molar-refractivity contribution < 1.29 is 27.5 Å². The first-order valence-electron chi connectivity index (χ1n) is 21.0. The number of anilines is 1. The van der Waals surface area contributed by atoms with Gasteiger partial charge in [-0.05, 0) is 110 Å². The lowest BCUT2D eigenvalue weighted by Crippen LogP contribution is -2.47. The summed E-state index contributed by atoms with van der Waals surface area (Å²) in [5, 5.41) is 8.49. The first-order chi connectivity index (χ1) is 29.7. The van der Waals surface area contributed by atoms with Gasteiger partial charge in [-0.15, -0.1) is 0 Å². The first-order valence-corrected chi connectivity index (χ1v) is 23.3. The molecule has 2 amide bonds. The highest BCUT2D eigenvalue weighted by Crippen LogP contribution is 2.44. The molecule has 1 aliphatic heterocycles. The van der Waals surface area contributed by atoms with Crippen molar-refractivity contribution in [2.45, 2.75) is 63.7 Å². The molecule has 1 saturated carbocycles. The van der Waals surface area contributed by atoms with Crippen LogP contribution in [0.2, 0.25) is 10.0 Å². The second-order valence-corrected chi connectivity index (χ2v) is 19.9. The molecule has 0 bridgehead atoms. The number of primary amides is 1. The van der Waals surface area contributed by atoms with E-state index in [0.29, 0.717) is 30.6 Å². The Labute approximate surface area is 372 Å². The molecule has 0 unspecified atom stereocenters. The molecule has 2 fully saturated rings. The van der Waals surface area contributed by atoms with Crippen LogP contribution in [0.5, 0.6) is 17.4 Å². The molecule has 0 radical (unpaired) electrons. The third-order valence-electron chi connectivity index (χ3n) is 12.4. The second kappa shape index (κ2) is 18.3. The zero-order chi connectivity index (χ0) is 43.6. The molecule has 0 spiro atoms. The third-order valence-corrected chi connectivity index (χ3v) is 14.3. The van der Waals surface area contributed by atoms with Crippen LogP contribution in [0.1, 0.15) is 74.7 Å². The normalized spacial score (nSPS) is 19.6. The van der Waals surface area contributed by atoms with E-state index in [1.807, 2.05) is 30.3 Å². The SMILES string of the molecule is CC1(C)CCC(CN2CCN(c3ccc(C(=O)NS(=O)(=O)c4cnc(OC[C@H]5CC[C@H](C(N)=O)CC5)c(Cl)c4)c(Oc4cccc5[nH]ncc45)c3)CC2)=C(c2ccc(Cl)cc2)C1. The average Bonchev–Trinajstić information content (AvgIpc) is 3.75. The number of ether oxygens (including phenoxy) is 2. The number of allylic oxidation sites excluding steroid dienone is 1. The maximum absolute atomic E-state index is 13.9. The van der Waals surface area contributed by atoms with Crippen molar-refractivity contribution >= 4 is 67.2 Å². The number of sulfonamides is 1. The van der Waals surface area contributed by atoms with Gasteiger partial charge in [0.2, 0.25) is 11.8 Å². The van der Waals surface area contributed by atoms with Gasteiger partial charge < -0.3 is 20.1 Å². The maximum Gasteiger partial charge on any atom is 0.268 e. The number of H-pyrrole nitrogens is 1. The van der Waals surface area contributed by atoms with Gasteiger partial charge in [0, 0.05) is 55.4 Å². The Morgan fingerprint density at radius 1 is 0.952 bits per heavy atom. The summed E-state index contributed by atoms with van der Waals surface area (Å²) < 4.78 is 41.7. The summed E-state index contributed by atoms with van der Waals surface area (Å²) in [4.78, 5) is 34.1. The Balaban J connectivity index is 0.973. The van der Waals surface area contributed by atoms with Crippen molar-refractivity contribution in [3.05, 3.63) is 106 Å². The van der Waals surface area contributed by atoms with Crippen LogP contribution in [0.15, 0.2) is 89.6 Å². The van der Waals surface area contributed by atoms with E-state index in [4.69, 9.17) is 38.4 Å². The molecule has 4 N–H and O–H groups in total. The van der Waals surface area contributed by atoms with Gasteiger partial charge in [-0.3, -0.25) is 19.6 Å². The largest absolute Gasteiger partial charge is 0.476 e. The molecule has 0 atom stereocenters.